The van der Waals surface area contributed by atoms with E-state index in [4.69, 9.17) is 20.4 Å². The molecule has 0 fully saturated rings. The Morgan fingerprint density at radius 3 is 2.00 bits per heavy atom. The first-order chi connectivity index (χ1) is 5.74. The van der Waals surface area contributed by atoms with Crippen LogP contribution < -0.4 is 0 Å². The number of rotatable bonds is 4. The third-order valence-electron chi connectivity index (χ3n) is 1.27. The van der Waals surface area contributed by atoms with Crippen LogP contribution in [0.2, 0.25) is 0 Å². The Hall–Kier alpha value is -1.51. The molecule has 4 nitrogen and oxygen atoms in total. The highest BCUT2D eigenvalue weighted by Gasteiger charge is 2.28. The predicted octanol–water partition coefficient (Wildman–Crippen LogP) is -0.379. The molecule has 0 unspecified atom stereocenters. The standard InChI is InChI=1S/C7H9BN3O/c8-12-3-1-2-7(4-9,5-10)6-11/h1-3H2,8H3/q-1. The van der Waals surface area contributed by atoms with Crippen LogP contribution >= 0.6 is 0 Å². The van der Waals surface area contributed by atoms with E-state index in [-0.39, 0.29) is 14.5 Å². The molecule has 0 radical (unpaired) electrons. The topological polar surface area (TPSA) is 80.6 Å². The summed E-state index contributed by atoms with van der Waals surface area (Å²) in [5.74, 6) is 0. The van der Waals surface area contributed by atoms with E-state index in [2.05, 4.69) is 0 Å². The lowest BCUT2D eigenvalue weighted by molar-refractivity contribution is 0.325. The van der Waals surface area contributed by atoms with Crippen LogP contribution in [-0.2, 0) is 4.65 Å². The van der Waals surface area contributed by atoms with Crippen LogP contribution in [0.5, 0.6) is 0 Å². The van der Waals surface area contributed by atoms with Gasteiger partial charge >= 0.3 is 0 Å². The van der Waals surface area contributed by atoms with Crippen LogP contribution in [0.1, 0.15) is 12.8 Å². The van der Waals surface area contributed by atoms with Crippen LogP contribution in [0.15, 0.2) is 0 Å². The zero-order chi connectivity index (χ0) is 9.45. The van der Waals surface area contributed by atoms with Gasteiger partial charge in [0.25, 0.3) is 0 Å². The van der Waals surface area contributed by atoms with Gasteiger partial charge in [0, 0.05) is 0 Å². The lowest BCUT2D eigenvalue weighted by Gasteiger charge is -2.09. The lowest BCUT2D eigenvalue weighted by atomic mass is 9.88. The molecule has 0 N–H and O–H groups in total. The minimum atomic E-state index is -1.46. The van der Waals surface area contributed by atoms with Gasteiger partial charge in [-0.2, -0.15) is 15.8 Å². The Labute approximate surface area is 72.4 Å². The van der Waals surface area contributed by atoms with Gasteiger partial charge < -0.3 is 4.65 Å². The van der Waals surface area contributed by atoms with Gasteiger partial charge in [0.1, 0.15) is 18.2 Å². The van der Waals surface area contributed by atoms with Gasteiger partial charge in [0.05, 0.1) is 8.05 Å². The van der Waals surface area contributed by atoms with Crippen LogP contribution in [-0.4, -0.2) is 14.7 Å². The van der Waals surface area contributed by atoms with E-state index in [9.17, 15) is 0 Å². The number of hydrogen-bond donors (Lipinski definition) is 0. The molecular weight excluding hydrogens is 153 g/mol. The highest BCUT2D eigenvalue weighted by molar-refractivity contribution is 5.97. The molecule has 0 atom stereocenters. The SMILES string of the molecule is [BH3-]OCCCC(C#N)(C#N)C#N. The monoisotopic (exact) mass is 162 g/mol. The molecule has 0 aromatic heterocycles. The van der Waals surface area contributed by atoms with Crippen molar-refractivity contribution in [2.45, 2.75) is 12.8 Å². The second kappa shape index (κ2) is 5.19. The molecule has 0 aromatic carbocycles. The molecule has 0 aliphatic carbocycles. The van der Waals surface area contributed by atoms with Gasteiger partial charge in [-0.15, -0.1) is 0 Å². The molecule has 12 heavy (non-hydrogen) atoms. The van der Waals surface area contributed by atoms with E-state index in [1.165, 1.54) is 0 Å². The van der Waals surface area contributed by atoms with Gasteiger partial charge in [0.2, 0.25) is 5.41 Å². The summed E-state index contributed by atoms with van der Waals surface area (Å²) in [7, 11) is -0.0650. The smallest absolute Gasteiger partial charge is 0.228 e. The van der Waals surface area contributed by atoms with Crippen LogP contribution in [0, 0.1) is 39.4 Å². The quantitative estimate of drug-likeness (QED) is 0.416. The van der Waals surface area contributed by atoms with Crippen molar-refractivity contribution in [2.24, 2.45) is 5.41 Å². The second-order valence-electron chi connectivity index (χ2n) is 2.05. The normalized spacial score (nSPS) is 9.50. The molecule has 0 aliphatic heterocycles. The van der Waals surface area contributed by atoms with Gasteiger partial charge in [0.15, 0.2) is 0 Å². The number of hydrogen-bond acceptors (Lipinski definition) is 4. The zero-order valence-electron chi connectivity index (χ0n) is 5.87. The predicted molar refractivity (Wildman–Crippen MR) is 44.4 cm³/mol. The highest BCUT2D eigenvalue weighted by Crippen LogP contribution is 2.20. The molecule has 0 amide bonds. The minimum absolute atomic E-state index is 0.0650. The Kier molecular flexibility index (Phi) is 4.54. The molecule has 0 spiro atoms. The highest BCUT2D eigenvalue weighted by atomic mass is 16.4. The Morgan fingerprint density at radius 1 is 1.17 bits per heavy atom. The largest absolute Gasteiger partial charge is 0.599 e. The summed E-state index contributed by atoms with van der Waals surface area (Å²) >= 11 is 0. The van der Waals surface area contributed by atoms with E-state index < -0.39 is 5.41 Å². The average molecular weight is 162 g/mol. The van der Waals surface area contributed by atoms with E-state index in [1.807, 2.05) is 0 Å². The maximum atomic E-state index is 8.56. The first-order valence-electron chi connectivity index (χ1n) is 3.06. The molecular formula is C7H9BN3O-. The van der Waals surface area contributed by atoms with Gasteiger partial charge in [-0.05, 0) is 19.4 Å². The maximum absolute atomic E-state index is 8.56. The summed E-state index contributed by atoms with van der Waals surface area (Å²) < 4.78 is 4.99. The number of nitrogens with zero attached hydrogens (tertiary/aromatic N) is 3. The van der Waals surface area contributed by atoms with Gasteiger partial charge in [-0.1, -0.05) is 0 Å². The van der Waals surface area contributed by atoms with Crippen molar-refractivity contribution in [2.75, 3.05) is 6.61 Å². The van der Waals surface area contributed by atoms with E-state index >= 15 is 0 Å². The summed E-state index contributed by atoms with van der Waals surface area (Å²) in [4.78, 5) is 0. The fourth-order valence-corrected chi connectivity index (χ4v) is 0.580. The third-order valence-corrected chi connectivity index (χ3v) is 1.27. The Morgan fingerprint density at radius 2 is 1.67 bits per heavy atom. The summed E-state index contributed by atoms with van der Waals surface area (Å²) in [6.07, 6.45) is 0.890. The Balaban J connectivity index is 4.11. The molecule has 0 saturated carbocycles. The van der Waals surface area contributed by atoms with E-state index in [1.54, 1.807) is 18.2 Å². The second-order valence-corrected chi connectivity index (χ2v) is 2.05. The van der Waals surface area contributed by atoms with E-state index in [0.717, 1.165) is 0 Å². The summed E-state index contributed by atoms with van der Waals surface area (Å²) in [6.45, 7) is 0.576. The molecule has 0 rings (SSSR count). The Bertz CT molecular complexity index is 221. The van der Waals surface area contributed by atoms with Gasteiger partial charge in [-0.3, -0.25) is 0 Å². The van der Waals surface area contributed by atoms with Crippen molar-refractivity contribution in [1.82, 2.24) is 0 Å². The lowest BCUT2D eigenvalue weighted by Crippen LogP contribution is -2.13. The average Bonchev–Trinajstić information content (AvgIpc) is 2.14. The molecule has 0 bridgehead atoms. The molecule has 0 aromatic rings. The summed E-state index contributed by atoms with van der Waals surface area (Å²) in [6, 6.07) is 5.15. The van der Waals surface area contributed by atoms with Crippen molar-refractivity contribution >= 4 is 8.05 Å². The fraction of sp³-hybridized carbons (Fsp3) is 0.571. The van der Waals surface area contributed by atoms with Crippen LogP contribution in [0.25, 0.3) is 0 Å². The molecule has 0 aliphatic rings. The summed E-state index contributed by atoms with van der Waals surface area (Å²) in [5.41, 5.74) is -1.46. The maximum Gasteiger partial charge on any atom is 0.228 e. The molecule has 5 heteroatoms. The third kappa shape index (κ3) is 2.62. The van der Waals surface area contributed by atoms with Crippen molar-refractivity contribution in [3.8, 4) is 18.2 Å². The first-order valence-corrected chi connectivity index (χ1v) is 3.06. The van der Waals surface area contributed by atoms with Crippen molar-refractivity contribution in [3.05, 3.63) is 0 Å². The molecule has 0 heterocycles. The van der Waals surface area contributed by atoms with Crippen LogP contribution in [0.3, 0.4) is 0 Å². The molecule has 62 valence electrons. The fourth-order valence-electron chi connectivity index (χ4n) is 0.580. The number of nitriles is 3. The molecule has 0 saturated heterocycles. The van der Waals surface area contributed by atoms with Crippen molar-refractivity contribution < 1.29 is 4.65 Å². The van der Waals surface area contributed by atoms with Gasteiger partial charge in [-0.25, -0.2) is 0 Å². The van der Waals surface area contributed by atoms with Crippen LogP contribution in [0.4, 0.5) is 0 Å². The van der Waals surface area contributed by atoms with E-state index in [0.29, 0.717) is 13.0 Å². The van der Waals surface area contributed by atoms with Crippen molar-refractivity contribution in [1.29, 1.82) is 15.8 Å². The zero-order valence-corrected chi connectivity index (χ0v) is 5.87. The minimum Gasteiger partial charge on any atom is -0.599 e. The first kappa shape index (κ1) is 10.5. The van der Waals surface area contributed by atoms with Crippen molar-refractivity contribution in [3.63, 3.8) is 0 Å². The summed E-state index contributed by atoms with van der Waals surface area (Å²) in [5, 5.41) is 25.7.